The summed E-state index contributed by atoms with van der Waals surface area (Å²) in [7, 11) is 0. The van der Waals surface area contributed by atoms with E-state index in [2.05, 4.69) is 10.2 Å². The molecule has 4 rings (SSSR count). The molecular formula is C23H22FN3O4. The third-order valence-electron chi connectivity index (χ3n) is 5.35. The van der Waals surface area contributed by atoms with Crippen LogP contribution in [0.5, 0.6) is 0 Å². The van der Waals surface area contributed by atoms with Gasteiger partial charge in [0.1, 0.15) is 17.0 Å². The fourth-order valence-electron chi connectivity index (χ4n) is 3.59. The zero-order valence-electron chi connectivity index (χ0n) is 16.8. The second-order valence-corrected chi connectivity index (χ2v) is 7.38. The fourth-order valence-corrected chi connectivity index (χ4v) is 3.59. The third kappa shape index (κ3) is 4.80. The maximum Gasteiger partial charge on any atom is 0.349 e. The Balaban J connectivity index is 1.28. The number of hydrogen-bond donors (Lipinski definition) is 1. The molecule has 0 spiro atoms. The number of piperazine rings is 1. The molecule has 31 heavy (non-hydrogen) atoms. The highest BCUT2D eigenvalue weighted by Gasteiger charge is 2.24. The van der Waals surface area contributed by atoms with Gasteiger partial charge in [-0.25, -0.2) is 9.18 Å². The number of halogens is 1. The van der Waals surface area contributed by atoms with Crippen molar-refractivity contribution in [3.05, 3.63) is 82.0 Å². The van der Waals surface area contributed by atoms with E-state index in [4.69, 9.17) is 4.42 Å². The maximum absolute atomic E-state index is 12.9. The lowest BCUT2D eigenvalue weighted by Gasteiger charge is -2.34. The molecule has 2 amide bonds. The molecule has 2 heterocycles. The molecule has 1 aliphatic heterocycles. The molecule has 0 atom stereocenters. The van der Waals surface area contributed by atoms with Gasteiger partial charge in [-0.15, -0.1) is 0 Å². The SMILES string of the molecule is O=C(NCCN1CCN(C(=O)c2cc3ccccc3oc2=O)CC1)c1ccc(F)cc1. The van der Waals surface area contributed by atoms with Crippen molar-refractivity contribution in [3.8, 4) is 0 Å². The molecule has 3 aromatic rings. The molecule has 1 aliphatic rings. The summed E-state index contributed by atoms with van der Waals surface area (Å²) in [5.41, 5.74) is 0.274. The first-order valence-corrected chi connectivity index (χ1v) is 10.1. The molecule has 0 unspecified atom stereocenters. The normalized spacial score (nSPS) is 14.5. The van der Waals surface area contributed by atoms with Crippen LogP contribution in [-0.4, -0.2) is 60.9 Å². The Hall–Kier alpha value is -3.52. The highest BCUT2D eigenvalue weighted by molar-refractivity contribution is 5.96. The molecule has 2 aromatic carbocycles. The molecule has 160 valence electrons. The largest absolute Gasteiger partial charge is 0.422 e. The number of nitrogens with one attached hydrogen (secondary N) is 1. The van der Waals surface area contributed by atoms with Crippen LogP contribution in [-0.2, 0) is 0 Å². The van der Waals surface area contributed by atoms with Gasteiger partial charge in [0.2, 0.25) is 0 Å². The van der Waals surface area contributed by atoms with E-state index in [-0.39, 0.29) is 23.2 Å². The van der Waals surface area contributed by atoms with Gasteiger partial charge in [0.25, 0.3) is 11.8 Å². The summed E-state index contributed by atoms with van der Waals surface area (Å²) in [6.45, 7) is 3.31. The summed E-state index contributed by atoms with van der Waals surface area (Å²) in [4.78, 5) is 40.9. The molecule has 1 fully saturated rings. The summed E-state index contributed by atoms with van der Waals surface area (Å²) in [6.07, 6.45) is 0. The Bertz CT molecular complexity index is 1150. The zero-order chi connectivity index (χ0) is 21.8. The number of nitrogens with zero attached hydrogens (tertiary/aromatic N) is 2. The fraction of sp³-hybridized carbons (Fsp3) is 0.261. The minimum atomic E-state index is -0.630. The standard InChI is InChI=1S/C23H22FN3O4/c24-18-7-5-16(6-8-18)21(28)25-9-10-26-11-13-27(14-12-26)22(29)19-15-17-3-1-2-4-20(17)31-23(19)30/h1-8,15H,9-14H2,(H,25,28). The molecule has 1 N–H and O–H groups in total. The van der Waals surface area contributed by atoms with E-state index in [0.717, 1.165) is 0 Å². The lowest BCUT2D eigenvalue weighted by atomic mass is 10.1. The van der Waals surface area contributed by atoms with Crippen molar-refractivity contribution in [1.29, 1.82) is 0 Å². The second kappa shape index (κ2) is 9.09. The van der Waals surface area contributed by atoms with E-state index in [0.29, 0.717) is 55.8 Å². The van der Waals surface area contributed by atoms with Gasteiger partial charge in [0.15, 0.2) is 0 Å². The van der Waals surface area contributed by atoms with E-state index < -0.39 is 5.63 Å². The number of para-hydroxylation sites is 1. The van der Waals surface area contributed by atoms with Crippen molar-refractivity contribution in [2.24, 2.45) is 0 Å². The first kappa shape index (κ1) is 20.7. The van der Waals surface area contributed by atoms with Crippen LogP contribution in [0.1, 0.15) is 20.7 Å². The highest BCUT2D eigenvalue weighted by Crippen LogP contribution is 2.14. The summed E-state index contributed by atoms with van der Waals surface area (Å²) < 4.78 is 18.2. The Morgan fingerprint density at radius 2 is 1.71 bits per heavy atom. The van der Waals surface area contributed by atoms with Gasteiger partial charge in [-0.05, 0) is 36.4 Å². The Labute approximate surface area is 178 Å². The molecule has 0 bridgehead atoms. The van der Waals surface area contributed by atoms with Crippen molar-refractivity contribution in [1.82, 2.24) is 15.1 Å². The van der Waals surface area contributed by atoms with Crippen LogP contribution in [0.15, 0.2) is 63.8 Å². The number of hydrogen-bond acceptors (Lipinski definition) is 5. The molecule has 1 saturated heterocycles. The molecule has 1 aromatic heterocycles. The Morgan fingerprint density at radius 3 is 2.45 bits per heavy atom. The number of rotatable bonds is 5. The monoisotopic (exact) mass is 423 g/mol. The van der Waals surface area contributed by atoms with Gasteiger partial charge in [-0.2, -0.15) is 0 Å². The lowest BCUT2D eigenvalue weighted by Crippen LogP contribution is -2.50. The predicted molar refractivity (Wildman–Crippen MR) is 114 cm³/mol. The van der Waals surface area contributed by atoms with Crippen molar-refractivity contribution in [2.75, 3.05) is 39.3 Å². The van der Waals surface area contributed by atoms with Crippen molar-refractivity contribution in [3.63, 3.8) is 0 Å². The summed E-state index contributed by atoms with van der Waals surface area (Å²) in [6, 6.07) is 14.1. The highest BCUT2D eigenvalue weighted by atomic mass is 19.1. The van der Waals surface area contributed by atoms with E-state index in [1.165, 1.54) is 24.3 Å². The zero-order valence-corrected chi connectivity index (χ0v) is 16.8. The van der Waals surface area contributed by atoms with Gasteiger partial charge in [-0.3, -0.25) is 14.5 Å². The van der Waals surface area contributed by atoms with Crippen LogP contribution in [0.25, 0.3) is 11.0 Å². The van der Waals surface area contributed by atoms with Crippen LogP contribution < -0.4 is 10.9 Å². The van der Waals surface area contributed by atoms with Gasteiger partial charge in [0.05, 0.1) is 0 Å². The first-order valence-electron chi connectivity index (χ1n) is 10.1. The number of amides is 2. The van der Waals surface area contributed by atoms with Crippen LogP contribution >= 0.6 is 0 Å². The van der Waals surface area contributed by atoms with Crippen molar-refractivity contribution < 1.29 is 18.4 Å². The van der Waals surface area contributed by atoms with Gasteiger partial charge in [0, 0.05) is 50.2 Å². The Morgan fingerprint density at radius 1 is 1.00 bits per heavy atom. The Kier molecular flexibility index (Phi) is 6.08. The molecule has 0 radical (unpaired) electrons. The summed E-state index contributed by atoms with van der Waals surface area (Å²) >= 11 is 0. The molecule has 0 aliphatic carbocycles. The minimum absolute atomic E-state index is 0.0405. The number of fused-ring (bicyclic) bond motifs is 1. The van der Waals surface area contributed by atoms with Gasteiger partial charge in [-0.1, -0.05) is 18.2 Å². The summed E-state index contributed by atoms with van der Waals surface area (Å²) in [5, 5.41) is 3.52. The average molecular weight is 423 g/mol. The number of carbonyl (C=O) groups is 2. The van der Waals surface area contributed by atoms with Crippen molar-refractivity contribution in [2.45, 2.75) is 0 Å². The van der Waals surface area contributed by atoms with Crippen molar-refractivity contribution >= 4 is 22.8 Å². The smallest absolute Gasteiger partial charge is 0.349 e. The van der Waals surface area contributed by atoms with E-state index in [1.54, 1.807) is 29.2 Å². The van der Waals surface area contributed by atoms with Crippen LogP contribution in [0, 0.1) is 5.82 Å². The van der Waals surface area contributed by atoms with E-state index in [9.17, 15) is 18.8 Å². The third-order valence-corrected chi connectivity index (χ3v) is 5.35. The quantitative estimate of drug-likeness (QED) is 0.636. The first-order chi connectivity index (χ1) is 15.0. The van der Waals surface area contributed by atoms with Crippen LogP contribution in [0.2, 0.25) is 0 Å². The van der Waals surface area contributed by atoms with E-state index >= 15 is 0 Å². The van der Waals surface area contributed by atoms with Gasteiger partial charge < -0.3 is 14.6 Å². The number of benzene rings is 2. The topological polar surface area (TPSA) is 82.9 Å². The summed E-state index contributed by atoms with van der Waals surface area (Å²) in [5.74, 6) is -0.967. The predicted octanol–water partition coefficient (Wildman–Crippen LogP) is 2.12. The number of carbonyl (C=O) groups excluding carboxylic acids is 2. The molecule has 7 nitrogen and oxygen atoms in total. The molecular weight excluding hydrogens is 401 g/mol. The second-order valence-electron chi connectivity index (χ2n) is 7.38. The lowest BCUT2D eigenvalue weighted by molar-refractivity contribution is 0.0634. The van der Waals surface area contributed by atoms with Crippen LogP contribution in [0.4, 0.5) is 4.39 Å². The minimum Gasteiger partial charge on any atom is -0.422 e. The van der Waals surface area contributed by atoms with Crippen LogP contribution in [0.3, 0.4) is 0 Å². The molecule has 8 heteroatoms. The maximum atomic E-state index is 12.9. The van der Waals surface area contributed by atoms with E-state index in [1.807, 2.05) is 6.07 Å². The van der Waals surface area contributed by atoms with Gasteiger partial charge >= 0.3 is 5.63 Å². The molecule has 0 saturated carbocycles. The average Bonchev–Trinajstić information content (AvgIpc) is 2.79.